The van der Waals surface area contributed by atoms with Crippen molar-refractivity contribution in [2.24, 2.45) is 5.41 Å². The van der Waals surface area contributed by atoms with Gasteiger partial charge >= 0.3 is 0 Å². The van der Waals surface area contributed by atoms with Crippen LogP contribution in [0.3, 0.4) is 0 Å². The highest BCUT2D eigenvalue weighted by Crippen LogP contribution is 2.17. The fraction of sp³-hybridized carbons (Fsp3) is 0.900. The molecule has 0 fully saturated rings. The summed E-state index contributed by atoms with van der Waals surface area (Å²) in [4.78, 5) is 11.2. The molecule has 0 saturated heterocycles. The molecule has 1 N–H and O–H groups in total. The number of thioether (sulfide) groups is 1. The molecule has 0 saturated carbocycles. The first-order valence-corrected chi connectivity index (χ1v) is 5.64. The number of rotatable bonds is 3. The minimum absolute atomic E-state index is 0.0965. The third kappa shape index (κ3) is 9.74. The molecule has 0 spiro atoms. The normalized spacial score (nSPS) is 11.8. The summed E-state index contributed by atoms with van der Waals surface area (Å²) >= 11 is 1.35. The smallest absolute Gasteiger partial charge is 0.279 e. The number of nitrogens with one attached hydrogen (secondary N) is 1. The molecule has 0 aliphatic rings. The maximum atomic E-state index is 11.2. The lowest BCUT2D eigenvalue weighted by Gasteiger charge is -2.18. The van der Waals surface area contributed by atoms with Gasteiger partial charge in [0.15, 0.2) is 0 Å². The van der Waals surface area contributed by atoms with Crippen LogP contribution in [0.15, 0.2) is 0 Å². The largest absolute Gasteiger partial charge is 0.347 e. The Hall–Kier alpha value is -0.180. The standard InChI is InChI=1S/C10H21NOS/c1-8(2)13-9(12)11-7-6-10(3,4)5/h8H,6-7H2,1-5H3,(H,11,12). The first kappa shape index (κ1) is 12.8. The lowest BCUT2D eigenvalue weighted by Crippen LogP contribution is -2.24. The molecule has 0 rings (SSSR count). The van der Waals surface area contributed by atoms with Crippen molar-refractivity contribution >= 4 is 17.0 Å². The summed E-state index contributed by atoms with van der Waals surface area (Å²) in [5.41, 5.74) is 0.301. The molecular weight excluding hydrogens is 182 g/mol. The van der Waals surface area contributed by atoms with E-state index >= 15 is 0 Å². The van der Waals surface area contributed by atoms with E-state index in [1.807, 2.05) is 13.8 Å². The maximum absolute atomic E-state index is 11.2. The summed E-state index contributed by atoms with van der Waals surface area (Å²) in [6, 6.07) is 0. The molecule has 0 aromatic carbocycles. The molecule has 3 heteroatoms. The van der Waals surface area contributed by atoms with Crippen LogP contribution in [0.1, 0.15) is 41.0 Å². The molecule has 1 amide bonds. The second kappa shape index (κ2) is 5.53. The molecule has 0 atom stereocenters. The molecule has 13 heavy (non-hydrogen) atoms. The van der Waals surface area contributed by atoms with Crippen LogP contribution in [-0.4, -0.2) is 17.0 Å². The van der Waals surface area contributed by atoms with Gasteiger partial charge in [-0.3, -0.25) is 4.79 Å². The van der Waals surface area contributed by atoms with Crippen LogP contribution < -0.4 is 5.32 Å². The molecule has 0 aromatic heterocycles. The number of carbonyl (C=O) groups is 1. The van der Waals surface area contributed by atoms with Gasteiger partial charge < -0.3 is 5.32 Å². The molecule has 0 unspecified atom stereocenters. The quantitative estimate of drug-likeness (QED) is 0.762. The Morgan fingerprint density at radius 1 is 1.38 bits per heavy atom. The molecule has 0 aliphatic heterocycles. The third-order valence-corrected chi connectivity index (χ3v) is 2.32. The molecule has 0 bridgehead atoms. The molecule has 0 heterocycles. The average Bonchev–Trinajstić information content (AvgIpc) is 1.81. The Labute approximate surface area is 85.9 Å². The third-order valence-electron chi connectivity index (χ3n) is 1.49. The number of hydrogen-bond donors (Lipinski definition) is 1. The highest BCUT2D eigenvalue weighted by atomic mass is 32.2. The van der Waals surface area contributed by atoms with E-state index in [-0.39, 0.29) is 5.24 Å². The molecule has 0 aromatic rings. The zero-order chi connectivity index (χ0) is 10.5. The minimum Gasteiger partial charge on any atom is -0.347 e. The predicted octanol–water partition coefficient (Wildman–Crippen LogP) is 3.27. The number of hydrogen-bond acceptors (Lipinski definition) is 2. The van der Waals surface area contributed by atoms with Crippen LogP contribution in [0, 0.1) is 5.41 Å². The van der Waals surface area contributed by atoms with E-state index in [2.05, 4.69) is 26.1 Å². The van der Waals surface area contributed by atoms with Gasteiger partial charge in [0.25, 0.3) is 5.24 Å². The Morgan fingerprint density at radius 3 is 2.31 bits per heavy atom. The Bertz CT molecular complexity index is 161. The van der Waals surface area contributed by atoms with Gasteiger partial charge in [0.2, 0.25) is 0 Å². The van der Waals surface area contributed by atoms with E-state index in [9.17, 15) is 4.79 Å². The van der Waals surface area contributed by atoms with E-state index in [1.54, 1.807) is 0 Å². The van der Waals surface area contributed by atoms with Gasteiger partial charge in [-0.2, -0.15) is 0 Å². The lowest BCUT2D eigenvalue weighted by molar-refractivity contribution is 0.258. The van der Waals surface area contributed by atoms with Gasteiger partial charge in [-0.1, -0.05) is 46.4 Å². The predicted molar refractivity (Wildman–Crippen MR) is 60.2 cm³/mol. The zero-order valence-electron chi connectivity index (χ0n) is 9.31. The van der Waals surface area contributed by atoms with Crippen LogP contribution in [0.2, 0.25) is 0 Å². The van der Waals surface area contributed by atoms with Crippen LogP contribution in [0.5, 0.6) is 0 Å². The van der Waals surface area contributed by atoms with Crippen molar-refractivity contribution < 1.29 is 4.79 Å². The molecule has 2 nitrogen and oxygen atoms in total. The van der Waals surface area contributed by atoms with E-state index in [1.165, 1.54) is 11.8 Å². The average molecular weight is 203 g/mol. The monoisotopic (exact) mass is 203 g/mol. The fourth-order valence-electron chi connectivity index (χ4n) is 0.795. The van der Waals surface area contributed by atoms with Gasteiger partial charge in [-0.05, 0) is 11.8 Å². The SMILES string of the molecule is CC(C)SC(=O)NCCC(C)(C)C. The maximum Gasteiger partial charge on any atom is 0.279 e. The number of amides is 1. The Balaban J connectivity index is 3.49. The summed E-state index contributed by atoms with van der Waals surface area (Å²) in [6.45, 7) is 11.3. The van der Waals surface area contributed by atoms with Crippen molar-refractivity contribution in [3.63, 3.8) is 0 Å². The highest BCUT2D eigenvalue weighted by molar-refractivity contribution is 8.14. The van der Waals surface area contributed by atoms with Crippen molar-refractivity contribution in [2.75, 3.05) is 6.54 Å². The summed E-state index contributed by atoms with van der Waals surface area (Å²) in [7, 11) is 0. The van der Waals surface area contributed by atoms with Crippen molar-refractivity contribution in [1.82, 2.24) is 5.32 Å². The summed E-state index contributed by atoms with van der Waals surface area (Å²) in [5, 5.41) is 3.36. The zero-order valence-corrected chi connectivity index (χ0v) is 10.1. The fourth-order valence-corrected chi connectivity index (χ4v) is 1.41. The first-order valence-electron chi connectivity index (χ1n) is 4.76. The van der Waals surface area contributed by atoms with Crippen molar-refractivity contribution in [3.05, 3.63) is 0 Å². The van der Waals surface area contributed by atoms with Crippen molar-refractivity contribution in [2.45, 2.75) is 46.3 Å². The van der Waals surface area contributed by atoms with Crippen molar-refractivity contribution in [1.29, 1.82) is 0 Å². The van der Waals surface area contributed by atoms with Gasteiger partial charge in [-0.25, -0.2) is 0 Å². The van der Waals surface area contributed by atoms with Crippen LogP contribution >= 0.6 is 11.8 Å². The second-order valence-electron chi connectivity index (χ2n) is 4.69. The van der Waals surface area contributed by atoms with Crippen LogP contribution in [0.4, 0.5) is 4.79 Å². The second-order valence-corrected chi connectivity index (χ2v) is 6.24. The van der Waals surface area contributed by atoms with E-state index < -0.39 is 0 Å². The topological polar surface area (TPSA) is 29.1 Å². The van der Waals surface area contributed by atoms with Crippen LogP contribution in [-0.2, 0) is 0 Å². The molecule has 0 aliphatic carbocycles. The number of carbonyl (C=O) groups excluding carboxylic acids is 1. The summed E-state index contributed by atoms with van der Waals surface area (Å²) in [5.74, 6) is 0. The van der Waals surface area contributed by atoms with E-state index in [4.69, 9.17) is 0 Å². The molecule has 0 radical (unpaired) electrons. The van der Waals surface area contributed by atoms with Gasteiger partial charge in [-0.15, -0.1) is 0 Å². The minimum atomic E-state index is 0.0965. The van der Waals surface area contributed by atoms with Crippen molar-refractivity contribution in [3.8, 4) is 0 Å². The van der Waals surface area contributed by atoms with E-state index in [0.29, 0.717) is 10.7 Å². The Kier molecular flexibility index (Phi) is 5.45. The van der Waals surface area contributed by atoms with Gasteiger partial charge in [0, 0.05) is 11.8 Å². The first-order chi connectivity index (χ1) is 5.81. The lowest BCUT2D eigenvalue weighted by atomic mass is 9.92. The van der Waals surface area contributed by atoms with Gasteiger partial charge in [0.05, 0.1) is 0 Å². The van der Waals surface area contributed by atoms with E-state index in [0.717, 1.165) is 13.0 Å². The Morgan fingerprint density at radius 2 is 1.92 bits per heavy atom. The van der Waals surface area contributed by atoms with Crippen LogP contribution in [0.25, 0.3) is 0 Å². The highest BCUT2D eigenvalue weighted by Gasteiger charge is 2.10. The molecular formula is C10H21NOS. The summed E-state index contributed by atoms with van der Waals surface area (Å²) in [6.07, 6.45) is 1.03. The summed E-state index contributed by atoms with van der Waals surface area (Å²) < 4.78 is 0. The van der Waals surface area contributed by atoms with Gasteiger partial charge in [0.1, 0.15) is 0 Å². The molecule has 78 valence electrons.